The first-order valence-electron chi connectivity index (χ1n) is 3.96. The number of guanidine groups is 1. The molecule has 3 saturated carbocycles. The minimum absolute atomic E-state index is 0. The van der Waals surface area contributed by atoms with Crippen LogP contribution in [0.25, 0.3) is 0 Å². The van der Waals surface area contributed by atoms with Gasteiger partial charge in [0.25, 0.3) is 0 Å². The molecule has 14 heavy (non-hydrogen) atoms. The van der Waals surface area contributed by atoms with Crippen LogP contribution in [0.15, 0.2) is 4.99 Å². The van der Waals surface area contributed by atoms with Gasteiger partial charge in [-0.1, -0.05) is 0 Å². The number of alkyl halides is 3. The van der Waals surface area contributed by atoms with Crippen molar-refractivity contribution in [3.05, 3.63) is 0 Å². The number of rotatable bonds is 1. The second-order valence-corrected chi connectivity index (χ2v) is 4.07. The van der Waals surface area contributed by atoms with Crippen LogP contribution in [0.5, 0.6) is 0 Å². The van der Waals surface area contributed by atoms with Crippen LogP contribution in [-0.2, 0) is 0 Å². The van der Waals surface area contributed by atoms with E-state index >= 15 is 0 Å². The first-order chi connectivity index (χ1) is 5.79. The Morgan fingerprint density at radius 2 is 1.57 bits per heavy atom. The maximum absolute atomic E-state index is 12.3. The van der Waals surface area contributed by atoms with Crippen molar-refractivity contribution in [2.75, 3.05) is 0 Å². The predicted molar refractivity (Wildman–Crippen MR) is 48.1 cm³/mol. The number of hydrogen-bond donors (Lipinski definition) is 2. The Morgan fingerprint density at radius 1 is 1.14 bits per heavy atom. The van der Waals surface area contributed by atoms with Gasteiger partial charge in [0.1, 0.15) is 0 Å². The lowest BCUT2D eigenvalue weighted by molar-refractivity contribution is -0.331. The summed E-state index contributed by atoms with van der Waals surface area (Å²) in [6, 6.07) is 0. The Bertz CT molecular complexity index is 263. The van der Waals surface area contributed by atoms with E-state index in [1.54, 1.807) is 0 Å². The molecule has 2 bridgehead atoms. The second kappa shape index (κ2) is 2.68. The van der Waals surface area contributed by atoms with Gasteiger partial charge in [0, 0.05) is 0 Å². The zero-order chi connectivity index (χ0) is 9.91. The summed E-state index contributed by atoms with van der Waals surface area (Å²) >= 11 is 0. The Morgan fingerprint density at radius 3 is 1.86 bits per heavy atom. The summed E-state index contributed by atoms with van der Waals surface area (Å²) < 4.78 is 37.0. The second-order valence-electron chi connectivity index (χ2n) is 4.07. The van der Waals surface area contributed by atoms with Gasteiger partial charge in [-0.15, -0.1) is 12.4 Å². The van der Waals surface area contributed by atoms with Crippen molar-refractivity contribution in [2.45, 2.75) is 31.0 Å². The molecule has 0 aromatic heterocycles. The molecule has 0 saturated heterocycles. The van der Waals surface area contributed by atoms with Gasteiger partial charge in [0.05, 0.1) is 11.0 Å². The summed E-state index contributed by atoms with van der Waals surface area (Å²) in [6.45, 7) is 0. The van der Waals surface area contributed by atoms with Gasteiger partial charge < -0.3 is 11.5 Å². The minimum Gasteiger partial charge on any atom is -0.370 e. The fourth-order valence-electron chi connectivity index (χ4n) is 2.43. The lowest BCUT2D eigenvalue weighted by Gasteiger charge is -2.68. The van der Waals surface area contributed by atoms with Crippen LogP contribution in [0, 0.1) is 5.41 Å². The Labute approximate surface area is 85.1 Å². The molecule has 7 heteroatoms. The van der Waals surface area contributed by atoms with Gasteiger partial charge in [-0.3, -0.25) is 0 Å². The van der Waals surface area contributed by atoms with Crippen molar-refractivity contribution < 1.29 is 13.2 Å². The highest BCUT2D eigenvalue weighted by Gasteiger charge is 2.79. The van der Waals surface area contributed by atoms with E-state index in [1.165, 1.54) is 0 Å². The first kappa shape index (κ1) is 11.4. The zero-order valence-corrected chi connectivity index (χ0v) is 8.08. The molecule has 3 rings (SSSR count). The van der Waals surface area contributed by atoms with E-state index in [0.717, 1.165) is 0 Å². The SMILES string of the molecule is Cl.NC(N)=NC12CC(C(F)(F)F)(C1)C2. The third-order valence-electron chi connectivity index (χ3n) is 2.97. The van der Waals surface area contributed by atoms with Crippen LogP contribution in [-0.4, -0.2) is 17.7 Å². The van der Waals surface area contributed by atoms with Crippen LogP contribution in [0.3, 0.4) is 0 Å². The zero-order valence-electron chi connectivity index (χ0n) is 7.27. The minimum atomic E-state index is -4.09. The van der Waals surface area contributed by atoms with E-state index in [9.17, 15) is 13.2 Å². The quantitative estimate of drug-likeness (QED) is 0.524. The molecule has 3 nitrogen and oxygen atoms in total. The summed E-state index contributed by atoms with van der Waals surface area (Å²) in [7, 11) is 0. The highest BCUT2D eigenvalue weighted by atomic mass is 35.5. The van der Waals surface area contributed by atoms with Crippen molar-refractivity contribution in [3.8, 4) is 0 Å². The van der Waals surface area contributed by atoms with Gasteiger partial charge in [-0.05, 0) is 19.3 Å². The molecular formula is C7H11ClF3N3. The standard InChI is InChI=1S/C7H10F3N3.ClH/c8-7(9,10)5-1-6(2-5,3-5)13-4(11)12;/h1-3H2,(H4,11,12,13);1H. The molecule has 0 aromatic carbocycles. The molecule has 0 unspecified atom stereocenters. The normalized spacial score (nSPS) is 38.8. The van der Waals surface area contributed by atoms with Gasteiger partial charge in [-0.2, -0.15) is 13.2 Å². The third kappa shape index (κ3) is 1.24. The average Bonchev–Trinajstić information content (AvgIpc) is 1.70. The first-order valence-corrected chi connectivity index (χ1v) is 3.96. The van der Waals surface area contributed by atoms with Crippen molar-refractivity contribution in [2.24, 2.45) is 21.9 Å². The van der Waals surface area contributed by atoms with E-state index in [0.29, 0.717) is 0 Å². The average molecular weight is 230 g/mol. The van der Waals surface area contributed by atoms with E-state index in [2.05, 4.69) is 4.99 Å². The molecule has 0 aliphatic heterocycles. The molecular weight excluding hydrogens is 219 g/mol. The van der Waals surface area contributed by atoms with Crippen LogP contribution in [0.2, 0.25) is 0 Å². The molecule has 3 aliphatic carbocycles. The summed E-state index contributed by atoms with van der Waals surface area (Å²) in [5.74, 6) is -0.115. The van der Waals surface area contributed by atoms with Crippen molar-refractivity contribution in [1.82, 2.24) is 0 Å². The summed E-state index contributed by atoms with van der Waals surface area (Å²) in [5, 5.41) is 0. The molecule has 3 fully saturated rings. The van der Waals surface area contributed by atoms with Crippen molar-refractivity contribution >= 4 is 18.4 Å². The smallest absolute Gasteiger partial charge is 0.370 e. The van der Waals surface area contributed by atoms with Crippen LogP contribution >= 0.6 is 12.4 Å². The maximum Gasteiger partial charge on any atom is 0.394 e. The third-order valence-corrected chi connectivity index (χ3v) is 2.97. The molecule has 0 amide bonds. The molecule has 82 valence electrons. The largest absolute Gasteiger partial charge is 0.394 e. The number of halogens is 4. The molecule has 0 aromatic rings. The van der Waals surface area contributed by atoms with Crippen LogP contribution in [0.1, 0.15) is 19.3 Å². The van der Waals surface area contributed by atoms with Crippen molar-refractivity contribution in [1.29, 1.82) is 0 Å². The molecule has 3 aliphatic rings. The summed E-state index contributed by atoms with van der Waals surface area (Å²) in [4.78, 5) is 3.81. The lowest BCUT2D eigenvalue weighted by Crippen LogP contribution is -2.72. The Balaban J connectivity index is 0.000000980. The van der Waals surface area contributed by atoms with Crippen LogP contribution in [0.4, 0.5) is 13.2 Å². The van der Waals surface area contributed by atoms with E-state index in [-0.39, 0.29) is 37.6 Å². The highest BCUT2D eigenvalue weighted by molar-refractivity contribution is 5.85. The molecule has 0 radical (unpaired) electrons. The lowest BCUT2D eigenvalue weighted by atomic mass is 9.39. The van der Waals surface area contributed by atoms with Gasteiger partial charge in [0.2, 0.25) is 0 Å². The Hall–Kier alpha value is -0.650. The topological polar surface area (TPSA) is 64.4 Å². The number of hydrogen-bond acceptors (Lipinski definition) is 1. The predicted octanol–water partition coefficient (Wildman–Crippen LogP) is 1.17. The molecule has 4 N–H and O–H groups in total. The van der Waals surface area contributed by atoms with E-state index < -0.39 is 17.1 Å². The Kier molecular flexibility index (Phi) is 2.19. The summed E-state index contributed by atoms with van der Waals surface area (Å²) in [6.07, 6.45) is -3.92. The molecule has 0 heterocycles. The van der Waals surface area contributed by atoms with E-state index in [1.807, 2.05) is 0 Å². The summed E-state index contributed by atoms with van der Waals surface area (Å²) in [5.41, 5.74) is 8.18. The van der Waals surface area contributed by atoms with Gasteiger partial charge in [-0.25, -0.2) is 4.99 Å². The van der Waals surface area contributed by atoms with Crippen molar-refractivity contribution in [3.63, 3.8) is 0 Å². The number of nitrogens with zero attached hydrogens (tertiary/aromatic N) is 1. The monoisotopic (exact) mass is 229 g/mol. The molecule has 0 spiro atoms. The maximum atomic E-state index is 12.3. The molecule has 0 atom stereocenters. The fourth-order valence-corrected chi connectivity index (χ4v) is 2.43. The van der Waals surface area contributed by atoms with Crippen LogP contribution < -0.4 is 11.5 Å². The number of nitrogens with two attached hydrogens (primary N) is 2. The van der Waals surface area contributed by atoms with E-state index in [4.69, 9.17) is 11.5 Å². The highest BCUT2D eigenvalue weighted by Crippen LogP contribution is 2.74. The number of aliphatic imine (C=N–C) groups is 1. The van der Waals surface area contributed by atoms with Gasteiger partial charge in [0.15, 0.2) is 5.96 Å². The fraction of sp³-hybridized carbons (Fsp3) is 0.857. The van der Waals surface area contributed by atoms with Gasteiger partial charge >= 0.3 is 6.18 Å².